The van der Waals surface area contributed by atoms with Crippen LogP contribution in [0.15, 0.2) is 42.6 Å². The van der Waals surface area contributed by atoms with Gasteiger partial charge in [-0.3, -0.25) is 0 Å². The molecule has 0 aliphatic rings. The zero-order valence-corrected chi connectivity index (χ0v) is 9.36. The second kappa shape index (κ2) is 5.26. The SMILES string of the molecule is CCOc1ccc(NCc2ccc[nH]2)cc1. The molecule has 0 atom stereocenters. The minimum Gasteiger partial charge on any atom is -0.494 e. The van der Waals surface area contributed by atoms with Gasteiger partial charge in [0.25, 0.3) is 0 Å². The third-order valence-corrected chi connectivity index (χ3v) is 2.31. The molecule has 0 saturated heterocycles. The maximum absolute atomic E-state index is 5.38. The lowest BCUT2D eigenvalue weighted by atomic mass is 10.3. The van der Waals surface area contributed by atoms with Crippen molar-refractivity contribution in [3.05, 3.63) is 48.3 Å². The average molecular weight is 216 g/mol. The van der Waals surface area contributed by atoms with Crippen LogP contribution in [-0.4, -0.2) is 11.6 Å². The highest BCUT2D eigenvalue weighted by molar-refractivity contribution is 5.46. The van der Waals surface area contributed by atoms with Crippen molar-refractivity contribution in [1.29, 1.82) is 0 Å². The first-order valence-corrected chi connectivity index (χ1v) is 5.47. The van der Waals surface area contributed by atoms with Crippen LogP contribution < -0.4 is 10.1 Å². The molecule has 2 aromatic rings. The van der Waals surface area contributed by atoms with E-state index in [0.29, 0.717) is 6.61 Å². The number of aromatic amines is 1. The Morgan fingerprint density at radius 1 is 1.19 bits per heavy atom. The van der Waals surface area contributed by atoms with E-state index in [1.165, 1.54) is 5.69 Å². The number of rotatable bonds is 5. The maximum Gasteiger partial charge on any atom is 0.119 e. The van der Waals surface area contributed by atoms with Crippen LogP contribution in [0.3, 0.4) is 0 Å². The zero-order valence-electron chi connectivity index (χ0n) is 9.36. The van der Waals surface area contributed by atoms with Gasteiger partial charge in [0.05, 0.1) is 13.2 Å². The number of anilines is 1. The first kappa shape index (κ1) is 10.6. The smallest absolute Gasteiger partial charge is 0.119 e. The van der Waals surface area contributed by atoms with Gasteiger partial charge < -0.3 is 15.0 Å². The highest BCUT2D eigenvalue weighted by Crippen LogP contribution is 2.16. The Morgan fingerprint density at radius 3 is 2.62 bits per heavy atom. The summed E-state index contributed by atoms with van der Waals surface area (Å²) in [6.07, 6.45) is 1.93. The second-order valence-electron chi connectivity index (χ2n) is 3.51. The first-order chi connectivity index (χ1) is 7.88. The molecule has 0 amide bonds. The van der Waals surface area contributed by atoms with Gasteiger partial charge >= 0.3 is 0 Å². The van der Waals surface area contributed by atoms with Crippen molar-refractivity contribution >= 4 is 5.69 Å². The fourth-order valence-corrected chi connectivity index (χ4v) is 1.51. The molecule has 0 aliphatic carbocycles. The van der Waals surface area contributed by atoms with E-state index >= 15 is 0 Å². The lowest BCUT2D eigenvalue weighted by molar-refractivity contribution is 0.340. The molecule has 0 saturated carbocycles. The Hall–Kier alpha value is -1.90. The van der Waals surface area contributed by atoms with Gasteiger partial charge in [-0.05, 0) is 43.3 Å². The van der Waals surface area contributed by atoms with Gasteiger partial charge in [-0.1, -0.05) is 0 Å². The maximum atomic E-state index is 5.38. The second-order valence-corrected chi connectivity index (χ2v) is 3.51. The molecule has 84 valence electrons. The Bertz CT molecular complexity index is 406. The Labute approximate surface area is 95.5 Å². The first-order valence-electron chi connectivity index (χ1n) is 5.47. The van der Waals surface area contributed by atoms with Gasteiger partial charge in [-0.2, -0.15) is 0 Å². The number of H-pyrrole nitrogens is 1. The van der Waals surface area contributed by atoms with Crippen LogP contribution in [0.4, 0.5) is 5.69 Å². The van der Waals surface area contributed by atoms with E-state index in [0.717, 1.165) is 18.0 Å². The zero-order chi connectivity index (χ0) is 11.2. The third kappa shape index (κ3) is 2.79. The minimum atomic E-state index is 0.704. The highest BCUT2D eigenvalue weighted by Gasteiger charge is 1.95. The van der Waals surface area contributed by atoms with Gasteiger partial charge in [0.15, 0.2) is 0 Å². The van der Waals surface area contributed by atoms with Crippen molar-refractivity contribution in [2.45, 2.75) is 13.5 Å². The van der Waals surface area contributed by atoms with E-state index in [1.807, 2.05) is 43.5 Å². The number of hydrogen-bond donors (Lipinski definition) is 2. The highest BCUT2D eigenvalue weighted by atomic mass is 16.5. The lowest BCUT2D eigenvalue weighted by Crippen LogP contribution is -1.99. The lowest BCUT2D eigenvalue weighted by Gasteiger charge is -2.07. The van der Waals surface area contributed by atoms with Crippen LogP contribution in [-0.2, 0) is 6.54 Å². The van der Waals surface area contributed by atoms with Crippen molar-refractivity contribution in [2.24, 2.45) is 0 Å². The Balaban J connectivity index is 1.90. The summed E-state index contributed by atoms with van der Waals surface area (Å²) < 4.78 is 5.38. The monoisotopic (exact) mass is 216 g/mol. The summed E-state index contributed by atoms with van der Waals surface area (Å²) in [7, 11) is 0. The summed E-state index contributed by atoms with van der Waals surface area (Å²) in [4.78, 5) is 3.15. The molecule has 0 unspecified atom stereocenters. The summed E-state index contributed by atoms with van der Waals surface area (Å²) in [6.45, 7) is 3.49. The van der Waals surface area contributed by atoms with Gasteiger partial charge in [0.2, 0.25) is 0 Å². The molecule has 0 spiro atoms. The van der Waals surface area contributed by atoms with E-state index in [-0.39, 0.29) is 0 Å². The number of nitrogens with one attached hydrogen (secondary N) is 2. The predicted molar refractivity (Wildman–Crippen MR) is 65.7 cm³/mol. The van der Waals surface area contributed by atoms with Crippen molar-refractivity contribution in [3.8, 4) is 5.75 Å². The van der Waals surface area contributed by atoms with E-state index in [9.17, 15) is 0 Å². The topological polar surface area (TPSA) is 37.0 Å². The summed E-state index contributed by atoms with van der Waals surface area (Å²) in [5.41, 5.74) is 2.27. The number of hydrogen-bond acceptors (Lipinski definition) is 2. The van der Waals surface area contributed by atoms with Crippen LogP contribution >= 0.6 is 0 Å². The Kier molecular flexibility index (Phi) is 3.49. The van der Waals surface area contributed by atoms with E-state index in [4.69, 9.17) is 4.74 Å². The molecule has 1 heterocycles. The van der Waals surface area contributed by atoms with Gasteiger partial charge in [0, 0.05) is 17.6 Å². The Morgan fingerprint density at radius 2 is 2.00 bits per heavy atom. The van der Waals surface area contributed by atoms with Crippen molar-refractivity contribution in [1.82, 2.24) is 4.98 Å². The molecule has 1 aromatic carbocycles. The summed E-state index contributed by atoms with van der Waals surface area (Å²) in [5, 5.41) is 3.33. The molecular weight excluding hydrogens is 200 g/mol. The van der Waals surface area contributed by atoms with E-state index in [1.54, 1.807) is 0 Å². The van der Waals surface area contributed by atoms with Crippen LogP contribution in [0.25, 0.3) is 0 Å². The summed E-state index contributed by atoms with van der Waals surface area (Å²) >= 11 is 0. The molecule has 0 bridgehead atoms. The summed E-state index contributed by atoms with van der Waals surface area (Å²) in [6, 6.07) is 12.0. The molecular formula is C13H16N2O. The standard InChI is InChI=1S/C13H16N2O/c1-2-16-13-7-5-11(6-8-13)15-10-12-4-3-9-14-12/h3-9,14-15H,2,10H2,1H3. The predicted octanol–water partition coefficient (Wildman–Crippen LogP) is 3.03. The van der Waals surface area contributed by atoms with Gasteiger partial charge in [-0.25, -0.2) is 0 Å². The van der Waals surface area contributed by atoms with Crippen molar-refractivity contribution in [2.75, 3.05) is 11.9 Å². The van der Waals surface area contributed by atoms with Gasteiger partial charge in [-0.15, -0.1) is 0 Å². The van der Waals surface area contributed by atoms with Crippen LogP contribution in [0, 0.1) is 0 Å². The average Bonchev–Trinajstić information content (AvgIpc) is 2.82. The largest absolute Gasteiger partial charge is 0.494 e. The number of benzene rings is 1. The van der Waals surface area contributed by atoms with E-state index < -0.39 is 0 Å². The van der Waals surface area contributed by atoms with Crippen molar-refractivity contribution < 1.29 is 4.74 Å². The minimum absolute atomic E-state index is 0.704. The molecule has 3 nitrogen and oxygen atoms in total. The van der Waals surface area contributed by atoms with Crippen molar-refractivity contribution in [3.63, 3.8) is 0 Å². The van der Waals surface area contributed by atoms with Gasteiger partial charge in [0.1, 0.15) is 5.75 Å². The number of ether oxygens (including phenoxy) is 1. The van der Waals surface area contributed by atoms with E-state index in [2.05, 4.69) is 16.4 Å². The fourth-order valence-electron chi connectivity index (χ4n) is 1.51. The van der Waals surface area contributed by atoms with Crippen LogP contribution in [0.1, 0.15) is 12.6 Å². The summed E-state index contributed by atoms with van der Waals surface area (Å²) in [5.74, 6) is 0.910. The molecule has 3 heteroatoms. The normalized spacial score (nSPS) is 10.1. The molecule has 0 aliphatic heterocycles. The third-order valence-electron chi connectivity index (χ3n) is 2.31. The molecule has 1 aromatic heterocycles. The molecule has 0 fully saturated rings. The van der Waals surface area contributed by atoms with Crippen LogP contribution in [0.5, 0.6) is 5.75 Å². The molecule has 16 heavy (non-hydrogen) atoms. The number of aromatic nitrogens is 1. The quantitative estimate of drug-likeness (QED) is 0.806. The fraction of sp³-hybridized carbons (Fsp3) is 0.231. The molecule has 0 radical (unpaired) electrons. The van der Waals surface area contributed by atoms with Crippen LogP contribution in [0.2, 0.25) is 0 Å². The molecule has 2 rings (SSSR count). The molecule has 2 N–H and O–H groups in total.